The van der Waals surface area contributed by atoms with Crippen molar-refractivity contribution in [1.29, 1.82) is 0 Å². The fourth-order valence-electron chi connectivity index (χ4n) is 10.2. The average molecular weight is 725 g/mol. The summed E-state index contributed by atoms with van der Waals surface area (Å²) in [6.45, 7) is 0. The molecule has 10 aromatic rings. The Morgan fingerprint density at radius 3 is 1.33 bits per heavy atom. The van der Waals surface area contributed by atoms with Crippen molar-refractivity contribution in [3.63, 3.8) is 0 Å². The molecule has 2 aliphatic rings. The van der Waals surface area contributed by atoms with Crippen LogP contribution >= 0.6 is 0 Å². The van der Waals surface area contributed by atoms with E-state index in [1.165, 1.54) is 77.9 Å². The summed E-state index contributed by atoms with van der Waals surface area (Å²) in [6.07, 6.45) is 0. The molecule has 12 rings (SSSR count). The van der Waals surface area contributed by atoms with E-state index in [4.69, 9.17) is 4.42 Å². The minimum absolute atomic E-state index is 0.0517. The number of benzene rings is 9. The van der Waals surface area contributed by atoms with Gasteiger partial charge in [-0.25, -0.2) is 0 Å². The minimum Gasteiger partial charge on any atom is -0.455 e. The van der Waals surface area contributed by atoms with Crippen molar-refractivity contribution in [3.05, 3.63) is 251 Å². The molecule has 1 heteroatoms. The summed E-state index contributed by atoms with van der Waals surface area (Å²) in [4.78, 5) is 0. The van der Waals surface area contributed by atoms with Crippen LogP contribution in [0.3, 0.4) is 0 Å². The number of fused-ring (bicyclic) bond motifs is 14. The molecule has 266 valence electrons. The average Bonchev–Trinajstić information content (AvgIpc) is 3.92. The standard InChI is InChI=1S/C56H36O/c1-3-14-36(15-4-1)38-26-30-40(31-27-38)52(41-32-28-39(29-33-41)37-16-5-2-6-17-37)47-22-13-21-44-45-34-35-51-53(55(45)57-54(44)47)46-20-9-12-25-50(46)56(51)48-23-10-7-18-42(48)43-19-8-11-24-49(43)56/h1-35,52H. The molecule has 0 saturated carbocycles. The lowest BCUT2D eigenvalue weighted by atomic mass is 9.70. The Kier molecular flexibility index (Phi) is 6.97. The first-order valence-corrected chi connectivity index (χ1v) is 19.9. The first-order chi connectivity index (χ1) is 28.3. The van der Waals surface area contributed by atoms with Crippen molar-refractivity contribution in [2.75, 3.05) is 0 Å². The van der Waals surface area contributed by atoms with E-state index in [-0.39, 0.29) is 5.92 Å². The molecule has 0 fully saturated rings. The molecule has 0 unspecified atom stereocenters. The molecule has 9 aromatic carbocycles. The summed E-state index contributed by atoms with van der Waals surface area (Å²) < 4.78 is 7.37. The SMILES string of the molecule is c1ccc(-c2ccc(C(c3ccc(-c4ccccc4)cc3)c3cccc4c3oc3c5c(ccc34)C3(c4ccccc4-c4ccccc43)c3ccccc3-5)cc2)cc1. The largest absolute Gasteiger partial charge is 0.455 e. The summed E-state index contributed by atoms with van der Waals surface area (Å²) in [6, 6.07) is 77.9. The molecule has 1 spiro atoms. The molecule has 0 N–H and O–H groups in total. The maximum atomic E-state index is 7.37. The van der Waals surface area contributed by atoms with Crippen LogP contribution in [0.5, 0.6) is 0 Å². The highest BCUT2D eigenvalue weighted by molar-refractivity contribution is 6.13. The highest BCUT2D eigenvalue weighted by Crippen LogP contribution is 2.64. The van der Waals surface area contributed by atoms with Crippen LogP contribution in [0.2, 0.25) is 0 Å². The topological polar surface area (TPSA) is 13.1 Å². The van der Waals surface area contributed by atoms with Crippen LogP contribution in [-0.4, -0.2) is 0 Å². The summed E-state index contributed by atoms with van der Waals surface area (Å²) in [5.41, 5.74) is 20.3. The van der Waals surface area contributed by atoms with E-state index in [2.05, 4.69) is 212 Å². The highest BCUT2D eigenvalue weighted by Gasteiger charge is 2.52. The van der Waals surface area contributed by atoms with Crippen molar-refractivity contribution in [1.82, 2.24) is 0 Å². The van der Waals surface area contributed by atoms with E-state index in [1.807, 2.05) is 0 Å². The number of para-hydroxylation sites is 1. The summed E-state index contributed by atoms with van der Waals surface area (Å²) in [7, 11) is 0. The fourth-order valence-corrected chi connectivity index (χ4v) is 10.2. The van der Waals surface area contributed by atoms with Gasteiger partial charge in [-0.2, -0.15) is 0 Å². The zero-order chi connectivity index (χ0) is 37.5. The van der Waals surface area contributed by atoms with Crippen LogP contribution in [0.15, 0.2) is 217 Å². The van der Waals surface area contributed by atoms with E-state index in [1.54, 1.807) is 0 Å². The van der Waals surface area contributed by atoms with Crippen LogP contribution in [-0.2, 0) is 5.41 Å². The Balaban J connectivity index is 1.09. The molecule has 0 aliphatic heterocycles. The van der Waals surface area contributed by atoms with Gasteiger partial charge in [-0.15, -0.1) is 0 Å². The molecule has 2 aliphatic carbocycles. The minimum atomic E-state index is -0.418. The van der Waals surface area contributed by atoms with E-state index in [9.17, 15) is 0 Å². The van der Waals surface area contributed by atoms with Gasteiger partial charge in [0.25, 0.3) is 0 Å². The van der Waals surface area contributed by atoms with Gasteiger partial charge < -0.3 is 4.42 Å². The lowest BCUT2D eigenvalue weighted by molar-refractivity contribution is 0.661. The van der Waals surface area contributed by atoms with Gasteiger partial charge in [0.2, 0.25) is 0 Å². The Morgan fingerprint density at radius 1 is 0.316 bits per heavy atom. The molecule has 0 atom stereocenters. The van der Waals surface area contributed by atoms with Crippen LogP contribution < -0.4 is 0 Å². The van der Waals surface area contributed by atoms with Gasteiger partial charge in [-0.3, -0.25) is 0 Å². The van der Waals surface area contributed by atoms with Crippen LogP contribution in [0.4, 0.5) is 0 Å². The van der Waals surface area contributed by atoms with Crippen molar-refractivity contribution in [2.24, 2.45) is 0 Å². The molecular formula is C56H36O. The second-order valence-corrected chi connectivity index (χ2v) is 15.5. The molecule has 1 aromatic heterocycles. The fraction of sp³-hybridized carbons (Fsp3) is 0.0357. The van der Waals surface area contributed by atoms with E-state index >= 15 is 0 Å². The van der Waals surface area contributed by atoms with Crippen LogP contribution in [0.1, 0.15) is 44.9 Å². The Morgan fingerprint density at radius 2 is 0.772 bits per heavy atom. The molecular weight excluding hydrogens is 689 g/mol. The van der Waals surface area contributed by atoms with Crippen molar-refractivity contribution >= 4 is 21.9 Å². The number of furan rings is 1. The second-order valence-electron chi connectivity index (χ2n) is 15.5. The Bertz CT molecular complexity index is 3020. The predicted molar refractivity (Wildman–Crippen MR) is 235 cm³/mol. The van der Waals surface area contributed by atoms with Gasteiger partial charge in [-0.1, -0.05) is 212 Å². The zero-order valence-electron chi connectivity index (χ0n) is 31.2. The normalized spacial score (nSPS) is 13.2. The van der Waals surface area contributed by atoms with Gasteiger partial charge in [0, 0.05) is 27.8 Å². The highest BCUT2D eigenvalue weighted by atomic mass is 16.3. The van der Waals surface area contributed by atoms with Crippen LogP contribution in [0, 0.1) is 0 Å². The molecule has 57 heavy (non-hydrogen) atoms. The molecule has 0 saturated heterocycles. The molecule has 0 amide bonds. The zero-order valence-corrected chi connectivity index (χ0v) is 31.2. The molecule has 0 radical (unpaired) electrons. The Hall–Kier alpha value is -7.22. The number of hydrogen-bond donors (Lipinski definition) is 0. The maximum absolute atomic E-state index is 7.37. The van der Waals surface area contributed by atoms with Crippen LogP contribution in [0.25, 0.3) is 66.4 Å². The van der Waals surface area contributed by atoms with Gasteiger partial charge in [0.15, 0.2) is 0 Å². The number of rotatable bonds is 5. The molecule has 1 heterocycles. The smallest absolute Gasteiger partial charge is 0.143 e. The third-order valence-corrected chi connectivity index (χ3v) is 12.7. The Labute approximate surface area is 332 Å². The predicted octanol–water partition coefficient (Wildman–Crippen LogP) is 14.4. The van der Waals surface area contributed by atoms with E-state index in [0.29, 0.717) is 0 Å². The summed E-state index contributed by atoms with van der Waals surface area (Å²) in [5, 5.41) is 2.29. The molecule has 0 bridgehead atoms. The van der Waals surface area contributed by atoms with Crippen molar-refractivity contribution in [3.8, 4) is 44.5 Å². The van der Waals surface area contributed by atoms with Gasteiger partial charge >= 0.3 is 0 Å². The van der Waals surface area contributed by atoms with Crippen molar-refractivity contribution in [2.45, 2.75) is 11.3 Å². The van der Waals surface area contributed by atoms with Gasteiger partial charge in [0.1, 0.15) is 11.2 Å². The third kappa shape index (κ3) is 4.57. The van der Waals surface area contributed by atoms with Crippen molar-refractivity contribution < 1.29 is 4.42 Å². The summed E-state index contributed by atoms with van der Waals surface area (Å²) >= 11 is 0. The van der Waals surface area contributed by atoms with E-state index < -0.39 is 5.41 Å². The quantitative estimate of drug-likeness (QED) is 0.161. The third-order valence-electron chi connectivity index (χ3n) is 12.7. The van der Waals surface area contributed by atoms with E-state index in [0.717, 1.165) is 27.5 Å². The van der Waals surface area contributed by atoms with Gasteiger partial charge in [-0.05, 0) is 72.3 Å². The van der Waals surface area contributed by atoms with Gasteiger partial charge in [0.05, 0.1) is 5.41 Å². The second kappa shape index (κ2) is 12.4. The number of hydrogen-bond acceptors (Lipinski definition) is 1. The molecule has 1 nitrogen and oxygen atoms in total. The lowest BCUT2D eigenvalue weighted by Gasteiger charge is -2.30. The first-order valence-electron chi connectivity index (χ1n) is 19.9. The monoisotopic (exact) mass is 724 g/mol. The lowest BCUT2D eigenvalue weighted by Crippen LogP contribution is -2.25. The maximum Gasteiger partial charge on any atom is 0.143 e. The summed E-state index contributed by atoms with van der Waals surface area (Å²) in [5.74, 6) is -0.0517. The first kappa shape index (κ1) is 32.1.